The number of rotatable bonds is 5. The van der Waals surface area contributed by atoms with E-state index < -0.39 is 0 Å². The lowest BCUT2D eigenvalue weighted by molar-refractivity contribution is 0.0955. The molecule has 19 heavy (non-hydrogen) atoms. The number of hydrogen-bond acceptors (Lipinski definition) is 5. The lowest BCUT2D eigenvalue weighted by Gasteiger charge is -2.37. The van der Waals surface area contributed by atoms with Crippen molar-refractivity contribution >= 4 is 5.82 Å². The van der Waals surface area contributed by atoms with E-state index in [0.29, 0.717) is 6.04 Å². The van der Waals surface area contributed by atoms with Crippen LogP contribution in [0.5, 0.6) is 0 Å². The van der Waals surface area contributed by atoms with E-state index in [1.54, 1.807) is 6.20 Å². The Morgan fingerprint density at radius 3 is 2.47 bits per heavy atom. The minimum atomic E-state index is 0.705. The zero-order valence-electron chi connectivity index (χ0n) is 12.3. The van der Waals surface area contributed by atoms with E-state index in [1.165, 1.54) is 6.42 Å². The fourth-order valence-electron chi connectivity index (χ4n) is 2.42. The normalized spacial score (nSPS) is 19.3. The first-order valence-corrected chi connectivity index (χ1v) is 7.18. The predicted molar refractivity (Wildman–Crippen MR) is 78.2 cm³/mol. The zero-order chi connectivity index (χ0) is 13.7. The van der Waals surface area contributed by atoms with Gasteiger partial charge in [0.1, 0.15) is 5.82 Å². The van der Waals surface area contributed by atoms with E-state index in [0.717, 1.165) is 44.2 Å². The Morgan fingerprint density at radius 2 is 1.95 bits per heavy atom. The molecule has 1 unspecified atom stereocenters. The van der Waals surface area contributed by atoms with Crippen LogP contribution in [0.2, 0.25) is 0 Å². The van der Waals surface area contributed by atoms with Gasteiger partial charge in [-0.2, -0.15) is 0 Å². The van der Waals surface area contributed by atoms with Gasteiger partial charge in [-0.1, -0.05) is 6.92 Å². The molecule has 2 rings (SSSR count). The molecule has 5 heteroatoms. The highest BCUT2D eigenvalue weighted by molar-refractivity contribution is 5.29. The lowest BCUT2D eigenvalue weighted by Crippen LogP contribution is -2.49. The van der Waals surface area contributed by atoms with Gasteiger partial charge in [0.25, 0.3) is 0 Å². The number of aromatic nitrogens is 2. The second-order valence-corrected chi connectivity index (χ2v) is 5.21. The number of nitrogens with one attached hydrogen (secondary N) is 1. The van der Waals surface area contributed by atoms with Crippen LogP contribution in [-0.2, 0) is 6.54 Å². The van der Waals surface area contributed by atoms with Crippen LogP contribution in [0.1, 0.15) is 26.0 Å². The monoisotopic (exact) mass is 263 g/mol. The first kappa shape index (κ1) is 14.2. The molecule has 1 aromatic rings. The van der Waals surface area contributed by atoms with Crippen LogP contribution in [0.3, 0.4) is 0 Å². The van der Waals surface area contributed by atoms with Crippen molar-refractivity contribution in [2.45, 2.75) is 32.9 Å². The van der Waals surface area contributed by atoms with Gasteiger partial charge in [0, 0.05) is 45.8 Å². The van der Waals surface area contributed by atoms with Crippen molar-refractivity contribution in [1.29, 1.82) is 0 Å². The first-order valence-electron chi connectivity index (χ1n) is 7.18. The molecule has 0 spiro atoms. The smallest absolute Gasteiger partial charge is 0.144 e. The third-order valence-corrected chi connectivity index (χ3v) is 3.97. The molecule has 0 bridgehead atoms. The van der Waals surface area contributed by atoms with Crippen LogP contribution in [-0.4, -0.2) is 59.0 Å². The molecule has 1 aliphatic heterocycles. The van der Waals surface area contributed by atoms with E-state index in [4.69, 9.17) is 0 Å². The molecule has 106 valence electrons. The highest BCUT2D eigenvalue weighted by atomic mass is 15.3. The second kappa shape index (κ2) is 6.82. The van der Waals surface area contributed by atoms with Crippen LogP contribution < -0.4 is 5.32 Å². The second-order valence-electron chi connectivity index (χ2n) is 5.21. The third-order valence-electron chi connectivity index (χ3n) is 3.97. The van der Waals surface area contributed by atoms with Gasteiger partial charge in [-0.15, -0.1) is 0 Å². The van der Waals surface area contributed by atoms with Crippen molar-refractivity contribution in [3.05, 3.63) is 18.1 Å². The van der Waals surface area contributed by atoms with E-state index >= 15 is 0 Å². The Hall–Kier alpha value is -1.20. The van der Waals surface area contributed by atoms with Gasteiger partial charge >= 0.3 is 0 Å². The molecule has 1 aromatic heterocycles. The van der Waals surface area contributed by atoms with Crippen LogP contribution >= 0.6 is 0 Å². The van der Waals surface area contributed by atoms with Crippen LogP contribution in [0.15, 0.2) is 12.4 Å². The fraction of sp³-hybridized carbons (Fsp3) is 0.714. The summed E-state index contributed by atoms with van der Waals surface area (Å²) in [5, 5.41) is 2.99. The lowest BCUT2D eigenvalue weighted by atomic mass is 10.2. The Kier molecular flexibility index (Phi) is 5.10. The summed E-state index contributed by atoms with van der Waals surface area (Å²) in [5.74, 6) is 0.824. The van der Waals surface area contributed by atoms with Crippen molar-refractivity contribution in [2.24, 2.45) is 0 Å². The van der Waals surface area contributed by atoms with Gasteiger partial charge < -0.3 is 5.32 Å². The Morgan fingerprint density at radius 1 is 1.21 bits per heavy atom. The fourth-order valence-corrected chi connectivity index (χ4v) is 2.42. The molecule has 2 heterocycles. The molecule has 1 atom stereocenters. The molecule has 0 aliphatic carbocycles. The van der Waals surface area contributed by atoms with Gasteiger partial charge in [0.05, 0.1) is 18.1 Å². The Balaban J connectivity index is 1.81. The summed E-state index contributed by atoms with van der Waals surface area (Å²) in [6.07, 6.45) is 4.90. The molecular formula is C14H25N5. The summed E-state index contributed by atoms with van der Waals surface area (Å²) in [6, 6.07) is 0.705. The number of piperazine rings is 1. The average molecular weight is 263 g/mol. The van der Waals surface area contributed by atoms with Gasteiger partial charge in [0.15, 0.2) is 0 Å². The molecule has 1 fully saturated rings. The molecule has 0 amide bonds. The molecule has 1 aliphatic rings. The highest BCUT2D eigenvalue weighted by Gasteiger charge is 2.20. The number of hydrogen-bond donors (Lipinski definition) is 1. The number of nitrogens with zero attached hydrogens (tertiary/aromatic N) is 4. The summed E-state index contributed by atoms with van der Waals surface area (Å²) in [4.78, 5) is 13.8. The van der Waals surface area contributed by atoms with Gasteiger partial charge in [-0.05, 0) is 13.3 Å². The molecule has 0 radical (unpaired) electrons. The highest BCUT2D eigenvalue weighted by Crippen LogP contribution is 2.11. The maximum Gasteiger partial charge on any atom is 0.144 e. The molecule has 0 saturated carbocycles. The maximum absolute atomic E-state index is 4.43. The minimum absolute atomic E-state index is 0.705. The van der Waals surface area contributed by atoms with E-state index in [-0.39, 0.29) is 0 Å². The Bertz CT molecular complexity index is 370. The van der Waals surface area contributed by atoms with Crippen molar-refractivity contribution in [1.82, 2.24) is 19.8 Å². The van der Waals surface area contributed by atoms with Gasteiger partial charge in [-0.3, -0.25) is 14.8 Å². The zero-order valence-corrected chi connectivity index (χ0v) is 12.3. The summed E-state index contributed by atoms with van der Waals surface area (Å²) >= 11 is 0. The SMILES string of the molecule is CCC(C)N1CCN(Cc2cnc(NC)cn2)CC1. The standard InChI is InChI=1S/C14H25N5/c1-4-12(2)19-7-5-18(6-8-19)11-13-9-17-14(15-3)10-16-13/h9-10,12H,4-8,11H2,1-3H3,(H,15,17). The Labute approximate surface area is 116 Å². The molecule has 0 aromatic carbocycles. The van der Waals surface area contributed by atoms with E-state index in [9.17, 15) is 0 Å². The van der Waals surface area contributed by atoms with Crippen LogP contribution in [0, 0.1) is 0 Å². The van der Waals surface area contributed by atoms with Gasteiger partial charge in [-0.25, -0.2) is 4.98 Å². The first-order chi connectivity index (χ1) is 9.22. The molecule has 5 nitrogen and oxygen atoms in total. The minimum Gasteiger partial charge on any atom is -0.372 e. The predicted octanol–water partition coefficient (Wildman–Crippen LogP) is 1.43. The quantitative estimate of drug-likeness (QED) is 0.871. The summed E-state index contributed by atoms with van der Waals surface area (Å²) in [5.41, 5.74) is 1.05. The summed E-state index contributed by atoms with van der Waals surface area (Å²) in [6.45, 7) is 10.1. The van der Waals surface area contributed by atoms with Crippen molar-refractivity contribution in [3.8, 4) is 0 Å². The summed E-state index contributed by atoms with van der Waals surface area (Å²) < 4.78 is 0. The number of anilines is 1. The summed E-state index contributed by atoms with van der Waals surface area (Å²) in [7, 11) is 1.86. The largest absolute Gasteiger partial charge is 0.372 e. The topological polar surface area (TPSA) is 44.3 Å². The molecule has 1 N–H and O–H groups in total. The molecule has 1 saturated heterocycles. The van der Waals surface area contributed by atoms with E-state index in [2.05, 4.69) is 38.9 Å². The third kappa shape index (κ3) is 3.88. The van der Waals surface area contributed by atoms with Crippen LogP contribution in [0.25, 0.3) is 0 Å². The van der Waals surface area contributed by atoms with Crippen molar-refractivity contribution in [2.75, 3.05) is 38.5 Å². The van der Waals surface area contributed by atoms with E-state index in [1.807, 2.05) is 13.2 Å². The van der Waals surface area contributed by atoms with Crippen LogP contribution in [0.4, 0.5) is 5.82 Å². The maximum atomic E-state index is 4.43. The van der Waals surface area contributed by atoms with Crippen molar-refractivity contribution < 1.29 is 0 Å². The molecular weight excluding hydrogens is 238 g/mol. The van der Waals surface area contributed by atoms with Gasteiger partial charge in [0.2, 0.25) is 0 Å². The van der Waals surface area contributed by atoms with Crippen molar-refractivity contribution in [3.63, 3.8) is 0 Å². The average Bonchev–Trinajstić information content (AvgIpc) is 2.48.